The highest BCUT2D eigenvalue weighted by molar-refractivity contribution is 5.81. The van der Waals surface area contributed by atoms with E-state index in [9.17, 15) is 4.79 Å². The Balaban J connectivity index is 1.72. The number of benzene rings is 1. The number of amides is 1. The number of rotatable bonds is 6. The Kier molecular flexibility index (Phi) is 5.34. The molecule has 23 heavy (non-hydrogen) atoms. The van der Waals surface area contributed by atoms with Crippen molar-refractivity contribution >= 4 is 5.91 Å². The van der Waals surface area contributed by atoms with Crippen LogP contribution in [-0.2, 0) is 11.3 Å². The van der Waals surface area contributed by atoms with E-state index in [1.165, 1.54) is 37.7 Å². The van der Waals surface area contributed by atoms with Crippen LogP contribution in [0.3, 0.4) is 0 Å². The van der Waals surface area contributed by atoms with Gasteiger partial charge in [0.25, 0.3) is 0 Å². The van der Waals surface area contributed by atoms with Crippen molar-refractivity contribution in [3.63, 3.8) is 0 Å². The second-order valence-electron chi connectivity index (χ2n) is 7.14. The van der Waals surface area contributed by atoms with Gasteiger partial charge in [-0.25, -0.2) is 0 Å². The van der Waals surface area contributed by atoms with Gasteiger partial charge in [0.1, 0.15) is 0 Å². The first-order chi connectivity index (χ1) is 11.1. The minimum absolute atomic E-state index is 0.0163. The van der Waals surface area contributed by atoms with E-state index in [0.717, 1.165) is 13.0 Å². The second-order valence-corrected chi connectivity index (χ2v) is 7.14. The van der Waals surface area contributed by atoms with Crippen LogP contribution in [0.2, 0.25) is 0 Å². The first kappa shape index (κ1) is 16.5. The Bertz CT molecular complexity index is 513. The van der Waals surface area contributed by atoms with E-state index >= 15 is 0 Å². The van der Waals surface area contributed by atoms with E-state index in [0.29, 0.717) is 12.1 Å². The third-order valence-electron chi connectivity index (χ3n) is 5.12. The first-order valence-corrected chi connectivity index (χ1v) is 9.01. The average molecular weight is 315 g/mol. The van der Waals surface area contributed by atoms with E-state index in [2.05, 4.69) is 40.5 Å². The number of hydrogen-bond acceptors (Lipinski definition) is 3. The second kappa shape index (κ2) is 7.45. The molecule has 3 atom stereocenters. The lowest BCUT2D eigenvalue weighted by Crippen LogP contribution is -2.56. The average Bonchev–Trinajstić information content (AvgIpc) is 3.39. The zero-order valence-electron chi connectivity index (χ0n) is 14.1. The summed E-state index contributed by atoms with van der Waals surface area (Å²) in [6, 6.07) is 11.6. The molecule has 1 aromatic carbocycles. The SMILES string of the molecule is C[C@H](N)C(=O)N[C@H]1CCCC[C@@H]1N(Cc1ccccc1)C1CC1. The van der Waals surface area contributed by atoms with Gasteiger partial charge in [-0.1, -0.05) is 43.2 Å². The van der Waals surface area contributed by atoms with Gasteiger partial charge in [0.05, 0.1) is 6.04 Å². The fourth-order valence-electron chi connectivity index (χ4n) is 3.71. The normalized spacial score (nSPS) is 26.0. The minimum Gasteiger partial charge on any atom is -0.350 e. The molecule has 2 fully saturated rings. The van der Waals surface area contributed by atoms with Gasteiger partial charge in [0.2, 0.25) is 5.91 Å². The molecule has 0 radical (unpaired) electrons. The molecule has 0 unspecified atom stereocenters. The summed E-state index contributed by atoms with van der Waals surface area (Å²) in [5, 5.41) is 3.21. The Labute approximate surface area is 139 Å². The van der Waals surface area contributed by atoms with Gasteiger partial charge in [-0.2, -0.15) is 0 Å². The standard InChI is InChI=1S/C19H29N3O/c1-14(20)19(23)21-17-9-5-6-10-18(17)22(16-11-12-16)13-15-7-3-2-4-8-15/h2-4,7-8,14,16-18H,5-6,9-13,20H2,1H3,(H,21,23)/t14-,17-,18-/m0/s1. The van der Waals surface area contributed by atoms with Gasteiger partial charge in [0, 0.05) is 24.7 Å². The quantitative estimate of drug-likeness (QED) is 0.847. The molecule has 4 nitrogen and oxygen atoms in total. The third-order valence-corrected chi connectivity index (χ3v) is 5.12. The van der Waals surface area contributed by atoms with Gasteiger partial charge in [-0.05, 0) is 38.2 Å². The van der Waals surface area contributed by atoms with Gasteiger partial charge >= 0.3 is 0 Å². The molecule has 126 valence electrons. The molecule has 3 rings (SSSR count). The maximum absolute atomic E-state index is 12.1. The summed E-state index contributed by atoms with van der Waals surface area (Å²) in [6.07, 6.45) is 7.28. The predicted molar refractivity (Wildman–Crippen MR) is 92.8 cm³/mol. The van der Waals surface area contributed by atoms with Crippen molar-refractivity contribution in [3.05, 3.63) is 35.9 Å². The van der Waals surface area contributed by atoms with Gasteiger partial charge in [-0.3, -0.25) is 9.69 Å². The van der Waals surface area contributed by atoms with Crippen molar-refractivity contribution in [2.75, 3.05) is 0 Å². The number of nitrogens with two attached hydrogens (primary N) is 1. The van der Waals surface area contributed by atoms with Crippen LogP contribution in [0.5, 0.6) is 0 Å². The number of nitrogens with zero attached hydrogens (tertiary/aromatic N) is 1. The maximum atomic E-state index is 12.1. The monoisotopic (exact) mass is 315 g/mol. The highest BCUT2D eigenvalue weighted by atomic mass is 16.2. The lowest BCUT2D eigenvalue weighted by Gasteiger charge is -2.41. The molecular weight excluding hydrogens is 286 g/mol. The van der Waals surface area contributed by atoms with E-state index in [-0.39, 0.29) is 11.9 Å². The van der Waals surface area contributed by atoms with E-state index in [1.807, 2.05) is 0 Å². The molecule has 2 aliphatic carbocycles. The van der Waals surface area contributed by atoms with Crippen LogP contribution in [0.25, 0.3) is 0 Å². The summed E-state index contributed by atoms with van der Waals surface area (Å²) in [5.41, 5.74) is 7.11. The zero-order chi connectivity index (χ0) is 16.2. The molecule has 1 amide bonds. The van der Waals surface area contributed by atoms with Crippen molar-refractivity contribution in [2.24, 2.45) is 5.73 Å². The summed E-state index contributed by atoms with van der Waals surface area (Å²) in [6.45, 7) is 2.75. The molecular formula is C19H29N3O. The smallest absolute Gasteiger partial charge is 0.236 e. The molecule has 2 aliphatic rings. The maximum Gasteiger partial charge on any atom is 0.236 e. The van der Waals surface area contributed by atoms with Crippen molar-refractivity contribution in [2.45, 2.75) is 76.2 Å². The molecule has 0 spiro atoms. The molecule has 0 aromatic heterocycles. The topological polar surface area (TPSA) is 58.4 Å². The lowest BCUT2D eigenvalue weighted by atomic mass is 9.88. The Morgan fingerprint density at radius 1 is 1.22 bits per heavy atom. The number of carbonyl (C=O) groups is 1. The predicted octanol–water partition coefficient (Wildman–Crippen LogP) is 2.43. The van der Waals surface area contributed by atoms with Crippen LogP contribution in [0, 0.1) is 0 Å². The Morgan fingerprint density at radius 3 is 2.57 bits per heavy atom. The molecule has 2 saturated carbocycles. The summed E-state index contributed by atoms with van der Waals surface area (Å²) in [5.74, 6) is -0.0163. The fraction of sp³-hybridized carbons (Fsp3) is 0.632. The summed E-state index contributed by atoms with van der Waals surface area (Å²) < 4.78 is 0. The van der Waals surface area contributed by atoms with Crippen molar-refractivity contribution in [1.82, 2.24) is 10.2 Å². The molecule has 4 heteroatoms. The lowest BCUT2D eigenvalue weighted by molar-refractivity contribution is -0.123. The minimum atomic E-state index is -0.430. The van der Waals surface area contributed by atoms with E-state index in [1.54, 1.807) is 6.92 Å². The molecule has 0 saturated heterocycles. The van der Waals surface area contributed by atoms with Crippen molar-refractivity contribution in [1.29, 1.82) is 0 Å². The van der Waals surface area contributed by atoms with Gasteiger partial charge in [-0.15, -0.1) is 0 Å². The van der Waals surface area contributed by atoms with E-state index in [4.69, 9.17) is 5.73 Å². The molecule has 0 aliphatic heterocycles. The van der Waals surface area contributed by atoms with Crippen molar-refractivity contribution in [3.8, 4) is 0 Å². The van der Waals surface area contributed by atoms with Crippen LogP contribution in [0.4, 0.5) is 0 Å². The summed E-state index contributed by atoms with van der Waals surface area (Å²) in [7, 11) is 0. The molecule has 3 N–H and O–H groups in total. The van der Waals surface area contributed by atoms with Crippen LogP contribution in [-0.4, -0.2) is 35.0 Å². The first-order valence-electron chi connectivity index (χ1n) is 9.01. The van der Waals surface area contributed by atoms with Crippen LogP contribution < -0.4 is 11.1 Å². The zero-order valence-corrected chi connectivity index (χ0v) is 14.1. The fourth-order valence-corrected chi connectivity index (χ4v) is 3.71. The number of hydrogen-bond donors (Lipinski definition) is 2. The number of carbonyl (C=O) groups excluding carboxylic acids is 1. The molecule has 0 heterocycles. The van der Waals surface area contributed by atoms with E-state index < -0.39 is 6.04 Å². The largest absolute Gasteiger partial charge is 0.350 e. The molecule has 0 bridgehead atoms. The van der Waals surface area contributed by atoms with Crippen LogP contribution in [0.1, 0.15) is 51.0 Å². The highest BCUT2D eigenvalue weighted by Gasteiger charge is 2.39. The summed E-state index contributed by atoms with van der Waals surface area (Å²) >= 11 is 0. The summed E-state index contributed by atoms with van der Waals surface area (Å²) in [4.78, 5) is 14.7. The molecule has 1 aromatic rings. The number of nitrogens with one attached hydrogen (secondary N) is 1. The Hall–Kier alpha value is -1.39. The van der Waals surface area contributed by atoms with Crippen LogP contribution >= 0.6 is 0 Å². The van der Waals surface area contributed by atoms with Crippen molar-refractivity contribution < 1.29 is 4.79 Å². The Morgan fingerprint density at radius 2 is 1.91 bits per heavy atom. The highest BCUT2D eigenvalue weighted by Crippen LogP contribution is 2.35. The van der Waals surface area contributed by atoms with Gasteiger partial charge < -0.3 is 11.1 Å². The third kappa shape index (κ3) is 4.33. The van der Waals surface area contributed by atoms with Gasteiger partial charge in [0.15, 0.2) is 0 Å². The van der Waals surface area contributed by atoms with Crippen LogP contribution in [0.15, 0.2) is 30.3 Å².